The Balaban J connectivity index is 2.57. The average molecular weight is 212 g/mol. The van der Waals surface area contributed by atoms with E-state index in [1.807, 2.05) is 0 Å². The predicted molar refractivity (Wildman–Crippen MR) is 54.1 cm³/mol. The lowest BCUT2D eigenvalue weighted by Gasteiger charge is -2.25. The smallest absolute Gasteiger partial charge is 0.325 e. The fraction of sp³-hybridized carbons (Fsp3) is 0.667. The van der Waals surface area contributed by atoms with E-state index >= 15 is 0 Å². The van der Waals surface area contributed by atoms with Crippen molar-refractivity contribution < 1.29 is 9.53 Å². The molecule has 0 aromatic carbocycles. The van der Waals surface area contributed by atoms with Gasteiger partial charge in [0.15, 0.2) is 0 Å². The molecule has 0 aliphatic heterocycles. The Morgan fingerprint density at radius 2 is 2.40 bits per heavy atom. The Morgan fingerprint density at radius 1 is 1.67 bits per heavy atom. The van der Waals surface area contributed by atoms with Crippen LogP contribution in [-0.4, -0.2) is 40.4 Å². The first-order chi connectivity index (χ1) is 7.12. The van der Waals surface area contributed by atoms with Gasteiger partial charge in [-0.1, -0.05) is 0 Å². The van der Waals surface area contributed by atoms with Gasteiger partial charge in [-0.2, -0.15) is 5.10 Å². The molecule has 1 unspecified atom stereocenters. The summed E-state index contributed by atoms with van der Waals surface area (Å²) in [7, 11) is 3.12. The molecule has 0 saturated heterocycles. The summed E-state index contributed by atoms with van der Waals surface area (Å²) >= 11 is 0. The number of esters is 1. The van der Waals surface area contributed by atoms with E-state index in [0.717, 1.165) is 0 Å². The van der Waals surface area contributed by atoms with Crippen LogP contribution in [0.2, 0.25) is 0 Å². The van der Waals surface area contributed by atoms with E-state index < -0.39 is 5.54 Å². The third-order valence-electron chi connectivity index (χ3n) is 2.50. The molecule has 6 nitrogen and oxygen atoms in total. The molecule has 0 saturated carbocycles. The molecule has 0 bridgehead atoms. The Hall–Kier alpha value is -1.43. The van der Waals surface area contributed by atoms with Crippen LogP contribution in [0.1, 0.15) is 13.3 Å². The van der Waals surface area contributed by atoms with E-state index in [-0.39, 0.29) is 5.97 Å². The SMILES string of the molecule is CNC(C)(CCn1cncn1)C(=O)OC. The molecule has 1 rings (SSSR count). The number of nitrogens with one attached hydrogen (secondary N) is 1. The maximum atomic E-state index is 11.5. The molecule has 1 aromatic rings. The molecule has 0 radical (unpaired) electrons. The van der Waals surface area contributed by atoms with Gasteiger partial charge in [0.05, 0.1) is 7.11 Å². The Bertz CT molecular complexity index is 312. The molecule has 1 aromatic heterocycles. The minimum Gasteiger partial charge on any atom is -0.468 e. The first kappa shape index (κ1) is 11.6. The number of carbonyl (C=O) groups excluding carboxylic acids is 1. The molecule has 15 heavy (non-hydrogen) atoms. The van der Waals surface area contributed by atoms with E-state index in [1.54, 1.807) is 25.0 Å². The predicted octanol–water partition coefficient (Wildman–Crippen LogP) is -0.181. The molecule has 1 heterocycles. The third-order valence-corrected chi connectivity index (χ3v) is 2.50. The first-order valence-corrected chi connectivity index (χ1v) is 4.72. The number of methoxy groups -OCH3 is 1. The second-order valence-electron chi connectivity index (χ2n) is 3.48. The summed E-state index contributed by atoms with van der Waals surface area (Å²) in [4.78, 5) is 15.3. The molecule has 6 heteroatoms. The lowest BCUT2D eigenvalue weighted by atomic mass is 9.98. The highest BCUT2D eigenvalue weighted by Gasteiger charge is 2.32. The van der Waals surface area contributed by atoms with Crippen LogP contribution in [0.5, 0.6) is 0 Å². The molecule has 0 aliphatic rings. The van der Waals surface area contributed by atoms with E-state index in [2.05, 4.69) is 15.4 Å². The van der Waals surface area contributed by atoms with Gasteiger partial charge >= 0.3 is 5.97 Å². The summed E-state index contributed by atoms with van der Waals surface area (Å²) < 4.78 is 6.41. The van der Waals surface area contributed by atoms with Crippen molar-refractivity contribution in [3.05, 3.63) is 12.7 Å². The van der Waals surface area contributed by atoms with Crippen molar-refractivity contribution in [2.45, 2.75) is 25.4 Å². The van der Waals surface area contributed by atoms with Crippen molar-refractivity contribution in [1.82, 2.24) is 20.1 Å². The fourth-order valence-electron chi connectivity index (χ4n) is 1.24. The molecule has 0 spiro atoms. The van der Waals surface area contributed by atoms with Gasteiger partial charge in [-0.15, -0.1) is 0 Å². The van der Waals surface area contributed by atoms with E-state index in [9.17, 15) is 4.79 Å². The summed E-state index contributed by atoms with van der Waals surface area (Å²) in [5.74, 6) is -0.273. The maximum absolute atomic E-state index is 11.5. The van der Waals surface area contributed by atoms with Crippen LogP contribution in [0.3, 0.4) is 0 Å². The summed E-state index contributed by atoms with van der Waals surface area (Å²) in [6.07, 6.45) is 3.68. The summed E-state index contributed by atoms with van der Waals surface area (Å²) in [6, 6.07) is 0. The van der Waals surface area contributed by atoms with Gasteiger partial charge in [-0.3, -0.25) is 9.48 Å². The van der Waals surface area contributed by atoms with Crippen molar-refractivity contribution in [2.24, 2.45) is 0 Å². The highest BCUT2D eigenvalue weighted by Crippen LogP contribution is 2.12. The third kappa shape index (κ3) is 2.76. The largest absolute Gasteiger partial charge is 0.468 e. The average Bonchev–Trinajstić information content (AvgIpc) is 2.77. The molecule has 0 aliphatic carbocycles. The molecule has 1 atom stereocenters. The summed E-state index contributed by atoms with van der Waals surface area (Å²) in [5.41, 5.74) is -0.680. The maximum Gasteiger partial charge on any atom is 0.325 e. The Kier molecular flexibility index (Phi) is 3.79. The van der Waals surface area contributed by atoms with Gasteiger partial charge in [0.1, 0.15) is 18.2 Å². The standard InChI is InChI=1S/C9H16N4O2/c1-9(10-2,8(14)15-3)4-5-13-7-11-6-12-13/h6-7,10H,4-5H2,1-3H3. The highest BCUT2D eigenvalue weighted by atomic mass is 16.5. The summed E-state index contributed by atoms with van der Waals surface area (Å²) in [6.45, 7) is 2.42. The topological polar surface area (TPSA) is 69.0 Å². The number of carbonyl (C=O) groups is 1. The van der Waals surface area contributed by atoms with Crippen molar-refractivity contribution in [2.75, 3.05) is 14.2 Å². The number of nitrogens with zero attached hydrogens (tertiary/aromatic N) is 3. The minimum absolute atomic E-state index is 0.273. The van der Waals surface area contributed by atoms with Gasteiger partial charge in [0.25, 0.3) is 0 Å². The van der Waals surface area contributed by atoms with Gasteiger partial charge in [-0.05, 0) is 20.4 Å². The van der Waals surface area contributed by atoms with Gasteiger partial charge in [0, 0.05) is 6.54 Å². The lowest BCUT2D eigenvalue weighted by molar-refractivity contribution is -0.148. The molecule has 84 valence electrons. The second-order valence-corrected chi connectivity index (χ2v) is 3.48. The quantitative estimate of drug-likeness (QED) is 0.686. The number of ether oxygens (including phenoxy) is 1. The van der Waals surface area contributed by atoms with E-state index in [1.165, 1.54) is 13.4 Å². The fourth-order valence-corrected chi connectivity index (χ4v) is 1.24. The van der Waals surface area contributed by atoms with Crippen molar-refractivity contribution >= 4 is 5.97 Å². The zero-order chi connectivity index (χ0) is 11.3. The van der Waals surface area contributed by atoms with Gasteiger partial charge in [0.2, 0.25) is 0 Å². The van der Waals surface area contributed by atoms with Crippen LogP contribution >= 0.6 is 0 Å². The normalized spacial score (nSPS) is 14.6. The van der Waals surface area contributed by atoms with E-state index in [0.29, 0.717) is 13.0 Å². The number of hydrogen-bond donors (Lipinski definition) is 1. The van der Waals surface area contributed by atoms with Crippen molar-refractivity contribution in [1.29, 1.82) is 0 Å². The van der Waals surface area contributed by atoms with Gasteiger partial charge in [-0.25, -0.2) is 4.98 Å². The van der Waals surface area contributed by atoms with Crippen molar-refractivity contribution in [3.8, 4) is 0 Å². The second kappa shape index (κ2) is 4.88. The molecular weight excluding hydrogens is 196 g/mol. The zero-order valence-electron chi connectivity index (χ0n) is 9.23. The zero-order valence-corrected chi connectivity index (χ0v) is 9.23. The molecule has 0 amide bonds. The highest BCUT2D eigenvalue weighted by molar-refractivity contribution is 5.80. The Morgan fingerprint density at radius 3 is 2.87 bits per heavy atom. The molecule has 0 fully saturated rings. The molecular formula is C9H16N4O2. The monoisotopic (exact) mass is 212 g/mol. The lowest BCUT2D eigenvalue weighted by Crippen LogP contribution is -2.49. The van der Waals surface area contributed by atoms with E-state index in [4.69, 9.17) is 4.74 Å². The number of aryl methyl sites for hydroxylation is 1. The van der Waals surface area contributed by atoms with Crippen LogP contribution in [-0.2, 0) is 16.1 Å². The number of likely N-dealkylation sites (N-methyl/N-ethyl adjacent to an activating group) is 1. The summed E-state index contributed by atoms with van der Waals surface area (Å²) in [5, 5.41) is 6.92. The first-order valence-electron chi connectivity index (χ1n) is 4.72. The van der Waals surface area contributed by atoms with Crippen LogP contribution in [0, 0.1) is 0 Å². The van der Waals surface area contributed by atoms with Gasteiger partial charge < -0.3 is 10.1 Å². The number of rotatable bonds is 5. The Labute approximate surface area is 88.6 Å². The minimum atomic E-state index is -0.680. The van der Waals surface area contributed by atoms with Crippen LogP contribution in [0.15, 0.2) is 12.7 Å². The van der Waals surface area contributed by atoms with Crippen LogP contribution in [0.4, 0.5) is 0 Å². The number of aromatic nitrogens is 3. The molecule has 1 N–H and O–H groups in total. The van der Waals surface area contributed by atoms with Crippen LogP contribution in [0.25, 0.3) is 0 Å². The number of hydrogen-bond acceptors (Lipinski definition) is 5. The van der Waals surface area contributed by atoms with Crippen LogP contribution < -0.4 is 5.32 Å². The van der Waals surface area contributed by atoms with Crippen molar-refractivity contribution in [3.63, 3.8) is 0 Å².